The van der Waals surface area contributed by atoms with Crippen LogP contribution in [0.25, 0.3) is 0 Å². The Hall–Kier alpha value is -0.870. The van der Waals surface area contributed by atoms with E-state index in [1.54, 1.807) is 0 Å². The van der Waals surface area contributed by atoms with Gasteiger partial charge in [-0.05, 0) is 25.7 Å². The van der Waals surface area contributed by atoms with Crippen LogP contribution in [0.2, 0.25) is 0 Å². The number of rotatable bonds is 4. The number of nitrogens with zero attached hydrogens (tertiary/aromatic N) is 3. The molecule has 1 aromatic rings. The number of aromatic nitrogens is 2. The molecule has 0 aromatic carbocycles. The van der Waals surface area contributed by atoms with Crippen molar-refractivity contribution < 1.29 is 0 Å². The summed E-state index contributed by atoms with van der Waals surface area (Å²) in [7, 11) is 0. The van der Waals surface area contributed by atoms with Crippen molar-refractivity contribution in [1.82, 2.24) is 20.0 Å². The van der Waals surface area contributed by atoms with E-state index in [9.17, 15) is 0 Å². The Labute approximate surface area is 109 Å². The summed E-state index contributed by atoms with van der Waals surface area (Å²) < 4.78 is 2.07. The van der Waals surface area contributed by atoms with Gasteiger partial charge in [-0.15, -0.1) is 0 Å². The number of fused-ring (bicyclic) bond motifs is 2. The van der Waals surface area contributed by atoms with Crippen LogP contribution in [0.1, 0.15) is 38.2 Å². The lowest BCUT2D eigenvalue weighted by atomic mass is 10.1. The van der Waals surface area contributed by atoms with Crippen LogP contribution < -0.4 is 5.32 Å². The van der Waals surface area contributed by atoms with E-state index in [1.807, 2.05) is 6.20 Å². The molecule has 2 unspecified atom stereocenters. The van der Waals surface area contributed by atoms with E-state index in [1.165, 1.54) is 37.9 Å². The maximum absolute atomic E-state index is 4.42. The third-order valence-corrected chi connectivity index (χ3v) is 4.15. The molecule has 4 nitrogen and oxygen atoms in total. The molecule has 1 aromatic heterocycles. The fourth-order valence-electron chi connectivity index (χ4n) is 3.26. The first-order chi connectivity index (χ1) is 8.83. The Kier molecular flexibility index (Phi) is 3.66. The van der Waals surface area contributed by atoms with E-state index < -0.39 is 0 Å². The quantitative estimate of drug-likeness (QED) is 0.879. The topological polar surface area (TPSA) is 33.1 Å². The van der Waals surface area contributed by atoms with Gasteiger partial charge < -0.3 is 5.32 Å². The summed E-state index contributed by atoms with van der Waals surface area (Å²) in [5.74, 6) is 0. The maximum atomic E-state index is 4.42. The Morgan fingerprint density at radius 2 is 2.22 bits per heavy atom. The maximum Gasteiger partial charge on any atom is 0.0534 e. The predicted octanol–water partition coefficient (Wildman–Crippen LogP) is 1.62. The van der Waals surface area contributed by atoms with Gasteiger partial charge in [0.2, 0.25) is 0 Å². The zero-order chi connectivity index (χ0) is 12.4. The first-order valence-corrected chi connectivity index (χ1v) is 7.33. The monoisotopic (exact) mass is 248 g/mol. The van der Waals surface area contributed by atoms with Crippen molar-refractivity contribution in [3.63, 3.8) is 0 Å². The van der Waals surface area contributed by atoms with Gasteiger partial charge in [0.25, 0.3) is 0 Å². The van der Waals surface area contributed by atoms with Crippen molar-refractivity contribution >= 4 is 0 Å². The average Bonchev–Trinajstić information content (AvgIpc) is 2.90. The minimum atomic E-state index is 0.725. The molecule has 4 heteroatoms. The van der Waals surface area contributed by atoms with E-state index in [2.05, 4.69) is 33.1 Å². The van der Waals surface area contributed by atoms with E-state index in [0.29, 0.717) is 0 Å². The second kappa shape index (κ2) is 5.41. The highest BCUT2D eigenvalue weighted by molar-refractivity contribution is 5.04. The standard InChI is InChI=1S/C14H24N4/c1-2-6-18-10-12(8-15-18)9-17-7-5-13-3-4-14(11-17)16-13/h8,10,13-14,16H,2-7,9,11H2,1H3. The van der Waals surface area contributed by atoms with Crippen molar-refractivity contribution in [1.29, 1.82) is 0 Å². The largest absolute Gasteiger partial charge is 0.310 e. The molecule has 2 atom stereocenters. The van der Waals surface area contributed by atoms with Gasteiger partial charge in [-0.25, -0.2) is 0 Å². The van der Waals surface area contributed by atoms with Gasteiger partial charge in [-0.1, -0.05) is 6.92 Å². The zero-order valence-electron chi connectivity index (χ0n) is 11.3. The third kappa shape index (κ3) is 2.75. The van der Waals surface area contributed by atoms with Crippen LogP contribution in [-0.4, -0.2) is 39.9 Å². The normalized spacial score (nSPS) is 28.5. The zero-order valence-corrected chi connectivity index (χ0v) is 11.3. The highest BCUT2D eigenvalue weighted by Gasteiger charge is 2.29. The molecule has 0 spiro atoms. The lowest BCUT2D eigenvalue weighted by molar-refractivity contribution is 0.251. The second-order valence-corrected chi connectivity index (χ2v) is 5.77. The Morgan fingerprint density at radius 1 is 1.33 bits per heavy atom. The molecule has 3 rings (SSSR count). The van der Waals surface area contributed by atoms with Crippen LogP contribution in [-0.2, 0) is 13.1 Å². The Balaban J connectivity index is 1.58. The number of nitrogens with one attached hydrogen (secondary N) is 1. The molecular formula is C14H24N4. The molecule has 0 radical (unpaired) electrons. The Morgan fingerprint density at radius 3 is 3.11 bits per heavy atom. The summed E-state index contributed by atoms with van der Waals surface area (Å²) in [6.07, 6.45) is 9.44. The molecule has 100 valence electrons. The van der Waals surface area contributed by atoms with Crippen LogP contribution in [0.15, 0.2) is 12.4 Å². The predicted molar refractivity (Wildman–Crippen MR) is 72.4 cm³/mol. The number of hydrogen-bond acceptors (Lipinski definition) is 3. The van der Waals surface area contributed by atoms with E-state index in [0.717, 1.165) is 31.6 Å². The van der Waals surface area contributed by atoms with Gasteiger partial charge in [0.1, 0.15) is 0 Å². The van der Waals surface area contributed by atoms with E-state index >= 15 is 0 Å². The molecule has 2 saturated heterocycles. The SMILES string of the molecule is CCCn1cc(CN2CCC3CCC(C2)N3)cn1. The lowest BCUT2D eigenvalue weighted by Gasteiger charge is -2.23. The summed E-state index contributed by atoms with van der Waals surface area (Å²) in [5, 5.41) is 8.15. The molecule has 2 fully saturated rings. The molecule has 0 amide bonds. The van der Waals surface area contributed by atoms with Gasteiger partial charge in [0.05, 0.1) is 6.20 Å². The lowest BCUT2D eigenvalue weighted by Crippen LogP contribution is -2.34. The number of aryl methyl sites for hydroxylation is 1. The molecule has 18 heavy (non-hydrogen) atoms. The van der Waals surface area contributed by atoms with Gasteiger partial charge in [-0.2, -0.15) is 5.10 Å². The molecule has 0 saturated carbocycles. The smallest absolute Gasteiger partial charge is 0.0534 e. The van der Waals surface area contributed by atoms with Gasteiger partial charge in [-0.3, -0.25) is 9.58 Å². The minimum Gasteiger partial charge on any atom is -0.310 e. The van der Waals surface area contributed by atoms with Crippen molar-refractivity contribution in [2.24, 2.45) is 0 Å². The molecule has 0 aliphatic carbocycles. The van der Waals surface area contributed by atoms with Crippen molar-refractivity contribution in [2.75, 3.05) is 13.1 Å². The van der Waals surface area contributed by atoms with E-state index in [-0.39, 0.29) is 0 Å². The molecule has 1 N–H and O–H groups in total. The fraction of sp³-hybridized carbons (Fsp3) is 0.786. The first kappa shape index (κ1) is 12.2. The van der Waals surface area contributed by atoms with Gasteiger partial charge in [0, 0.05) is 50.0 Å². The van der Waals surface area contributed by atoms with E-state index in [4.69, 9.17) is 0 Å². The molecular weight excluding hydrogens is 224 g/mol. The van der Waals surface area contributed by atoms with Crippen LogP contribution in [0.4, 0.5) is 0 Å². The summed E-state index contributed by atoms with van der Waals surface area (Å²) in [4.78, 5) is 2.59. The van der Waals surface area contributed by atoms with Gasteiger partial charge in [0.15, 0.2) is 0 Å². The molecule has 2 bridgehead atoms. The third-order valence-electron chi connectivity index (χ3n) is 4.15. The summed E-state index contributed by atoms with van der Waals surface area (Å²) >= 11 is 0. The first-order valence-electron chi connectivity index (χ1n) is 7.33. The summed E-state index contributed by atoms with van der Waals surface area (Å²) in [6.45, 7) is 6.72. The average molecular weight is 248 g/mol. The molecule has 2 aliphatic rings. The van der Waals surface area contributed by atoms with Gasteiger partial charge >= 0.3 is 0 Å². The second-order valence-electron chi connectivity index (χ2n) is 5.77. The minimum absolute atomic E-state index is 0.725. The van der Waals surface area contributed by atoms with Crippen molar-refractivity contribution in [2.45, 2.75) is 57.8 Å². The molecule has 2 aliphatic heterocycles. The molecule has 3 heterocycles. The number of likely N-dealkylation sites (tertiary alicyclic amines) is 1. The van der Waals surface area contributed by atoms with Crippen molar-refractivity contribution in [3.05, 3.63) is 18.0 Å². The fourth-order valence-corrected chi connectivity index (χ4v) is 3.26. The van der Waals surface area contributed by atoms with Crippen molar-refractivity contribution in [3.8, 4) is 0 Å². The Bertz CT molecular complexity index is 387. The van der Waals surface area contributed by atoms with Crippen LogP contribution in [0.5, 0.6) is 0 Å². The van der Waals surface area contributed by atoms with Crippen LogP contribution in [0, 0.1) is 0 Å². The van der Waals surface area contributed by atoms with Crippen LogP contribution >= 0.6 is 0 Å². The highest BCUT2D eigenvalue weighted by Crippen LogP contribution is 2.21. The highest BCUT2D eigenvalue weighted by atomic mass is 15.3. The van der Waals surface area contributed by atoms with Crippen LogP contribution in [0.3, 0.4) is 0 Å². The summed E-state index contributed by atoms with van der Waals surface area (Å²) in [5.41, 5.74) is 1.36. The number of hydrogen-bond donors (Lipinski definition) is 1. The summed E-state index contributed by atoms with van der Waals surface area (Å²) in [6, 6.07) is 1.51.